The highest BCUT2D eigenvalue weighted by Crippen LogP contribution is 2.23. The van der Waals surface area contributed by atoms with Gasteiger partial charge in [0.25, 0.3) is 0 Å². The molecule has 30 heavy (non-hydrogen) atoms. The Morgan fingerprint density at radius 2 is 1.60 bits per heavy atom. The molecule has 1 aromatic heterocycles. The van der Waals surface area contributed by atoms with Gasteiger partial charge < -0.3 is 14.0 Å². The van der Waals surface area contributed by atoms with Gasteiger partial charge in [-0.15, -0.1) is 4.74 Å². The maximum Gasteiger partial charge on any atom is 0.440 e. The molecule has 7 nitrogen and oxygen atoms in total. The highest BCUT2D eigenvalue weighted by molar-refractivity contribution is 5.34. The van der Waals surface area contributed by atoms with Crippen molar-refractivity contribution in [3.63, 3.8) is 0 Å². The largest absolute Gasteiger partial charge is 0.489 e. The van der Waals surface area contributed by atoms with Crippen molar-refractivity contribution in [1.29, 1.82) is 0 Å². The molecular formula is C22H17FN2O5. The monoisotopic (exact) mass is 408 g/mol. The van der Waals surface area contributed by atoms with Crippen LogP contribution in [0.25, 0.3) is 0 Å². The van der Waals surface area contributed by atoms with E-state index in [0.717, 1.165) is 15.9 Å². The average molecular weight is 408 g/mol. The van der Waals surface area contributed by atoms with Crippen LogP contribution < -0.4 is 20.9 Å². The van der Waals surface area contributed by atoms with Gasteiger partial charge in [0.05, 0.1) is 6.54 Å². The highest BCUT2D eigenvalue weighted by Gasteiger charge is 2.05. The molecule has 0 aliphatic carbocycles. The Balaban J connectivity index is 1.36. The second-order valence-corrected chi connectivity index (χ2v) is 6.48. The summed E-state index contributed by atoms with van der Waals surface area (Å²) in [5, 5.41) is 0. The lowest BCUT2D eigenvalue weighted by molar-refractivity contribution is 0.258. The van der Waals surface area contributed by atoms with Gasteiger partial charge in [-0.2, -0.15) is 0 Å². The van der Waals surface area contributed by atoms with E-state index in [9.17, 15) is 14.0 Å². The molecule has 4 rings (SSSR count). The van der Waals surface area contributed by atoms with Crippen molar-refractivity contribution < 1.29 is 18.4 Å². The summed E-state index contributed by atoms with van der Waals surface area (Å²) in [6.45, 7) is 0.465. The van der Waals surface area contributed by atoms with Crippen LogP contribution in [0.1, 0.15) is 11.1 Å². The summed E-state index contributed by atoms with van der Waals surface area (Å²) < 4.78 is 30.2. The zero-order valence-corrected chi connectivity index (χ0v) is 15.7. The van der Waals surface area contributed by atoms with Gasteiger partial charge in [0.15, 0.2) is 0 Å². The van der Waals surface area contributed by atoms with Gasteiger partial charge in [-0.3, -0.25) is 0 Å². The molecule has 8 heteroatoms. The zero-order valence-electron chi connectivity index (χ0n) is 15.7. The predicted molar refractivity (Wildman–Crippen MR) is 106 cm³/mol. The third-order valence-electron chi connectivity index (χ3n) is 4.23. The SMILES string of the molecule is O=c1[nH]c(=O)n(Cc2ccc(OCc3cccc(Oc4ccc(F)cc4)c3)cc2)o1. The molecule has 0 radical (unpaired) electrons. The molecule has 3 aromatic carbocycles. The standard InChI is InChI=1S/C22H17FN2O5/c23-17-6-10-19(11-7-17)29-20-3-1-2-16(12-20)14-28-18-8-4-15(5-9-18)13-25-21(26)24-22(27)30-25/h1-12H,13-14H2,(H,24,26,27). The van der Waals surface area contributed by atoms with E-state index in [1.54, 1.807) is 36.4 Å². The van der Waals surface area contributed by atoms with E-state index in [-0.39, 0.29) is 12.4 Å². The van der Waals surface area contributed by atoms with Gasteiger partial charge in [-0.1, -0.05) is 24.3 Å². The summed E-state index contributed by atoms with van der Waals surface area (Å²) in [7, 11) is 0. The second-order valence-electron chi connectivity index (χ2n) is 6.48. The van der Waals surface area contributed by atoms with Crippen molar-refractivity contribution in [3.8, 4) is 17.2 Å². The van der Waals surface area contributed by atoms with Crippen LogP contribution in [-0.4, -0.2) is 9.72 Å². The fraction of sp³-hybridized carbons (Fsp3) is 0.0909. The minimum atomic E-state index is -0.786. The Hall–Kier alpha value is -4.07. The van der Waals surface area contributed by atoms with Crippen molar-refractivity contribution in [1.82, 2.24) is 9.72 Å². The van der Waals surface area contributed by atoms with Gasteiger partial charge >= 0.3 is 11.4 Å². The van der Waals surface area contributed by atoms with Crippen LogP contribution in [0.3, 0.4) is 0 Å². The molecule has 0 atom stereocenters. The normalized spacial score (nSPS) is 10.7. The van der Waals surface area contributed by atoms with E-state index < -0.39 is 11.4 Å². The van der Waals surface area contributed by atoms with E-state index in [1.807, 2.05) is 29.2 Å². The third kappa shape index (κ3) is 4.85. The molecule has 0 fully saturated rings. The number of hydrogen-bond acceptors (Lipinski definition) is 5. The predicted octanol–water partition coefficient (Wildman–Crippen LogP) is 3.69. The van der Waals surface area contributed by atoms with Gasteiger partial charge in [0.2, 0.25) is 0 Å². The van der Waals surface area contributed by atoms with Crippen LogP contribution in [-0.2, 0) is 13.2 Å². The maximum absolute atomic E-state index is 13.0. The number of halogens is 1. The topological polar surface area (TPSA) is 86.5 Å². The summed E-state index contributed by atoms with van der Waals surface area (Å²) in [5.74, 6) is 0.705. The van der Waals surface area contributed by atoms with Crippen molar-refractivity contribution in [2.24, 2.45) is 0 Å². The summed E-state index contributed by atoms with van der Waals surface area (Å²) in [4.78, 5) is 24.6. The molecule has 0 bridgehead atoms. The zero-order chi connectivity index (χ0) is 20.9. The summed E-state index contributed by atoms with van der Waals surface area (Å²) >= 11 is 0. The molecule has 0 spiro atoms. The van der Waals surface area contributed by atoms with Crippen molar-refractivity contribution >= 4 is 0 Å². The average Bonchev–Trinajstić information content (AvgIpc) is 3.06. The first kappa shape index (κ1) is 19.3. The Bertz CT molecular complexity index is 1240. The van der Waals surface area contributed by atoms with E-state index in [4.69, 9.17) is 14.0 Å². The van der Waals surface area contributed by atoms with Crippen LogP contribution >= 0.6 is 0 Å². The summed E-state index contributed by atoms with van der Waals surface area (Å²) in [6.07, 6.45) is 0. The van der Waals surface area contributed by atoms with Crippen LogP contribution in [0.2, 0.25) is 0 Å². The van der Waals surface area contributed by atoms with Crippen LogP contribution in [0, 0.1) is 5.82 Å². The Morgan fingerprint density at radius 1 is 0.867 bits per heavy atom. The van der Waals surface area contributed by atoms with E-state index >= 15 is 0 Å². The number of aromatic amines is 1. The smallest absolute Gasteiger partial charge is 0.440 e. The lowest BCUT2D eigenvalue weighted by atomic mass is 10.2. The molecular weight excluding hydrogens is 391 g/mol. The molecule has 152 valence electrons. The molecule has 1 N–H and O–H groups in total. The van der Waals surface area contributed by atoms with Crippen molar-refractivity contribution in [2.45, 2.75) is 13.2 Å². The van der Waals surface area contributed by atoms with Crippen molar-refractivity contribution in [2.75, 3.05) is 0 Å². The van der Waals surface area contributed by atoms with Gasteiger partial charge in [-0.05, 0) is 59.7 Å². The van der Waals surface area contributed by atoms with Gasteiger partial charge in [0.1, 0.15) is 29.7 Å². The van der Waals surface area contributed by atoms with E-state index in [2.05, 4.69) is 0 Å². The minimum absolute atomic E-state index is 0.140. The summed E-state index contributed by atoms with van der Waals surface area (Å²) in [6, 6.07) is 20.3. The fourth-order valence-electron chi connectivity index (χ4n) is 2.78. The number of ether oxygens (including phenoxy) is 2. The van der Waals surface area contributed by atoms with E-state index in [0.29, 0.717) is 23.9 Å². The number of aromatic nitrogens is 2. The molecule has 1 heterocycles. The number of H-pyrrole nitrogens is 1. The lowest BCUT2D eigenvalue weighted by Gasteiger charge is -2.10. The van der Waals surface area contributed by atoms with Crippen LogP contribution in [0.15, 0.2) is 86.9 Å². The number of nitrogens with zero attached hydrogens (tertiary/aromatic N) is 1. The first-order valence-corrected chi connectivity index (χ1v) is 9.10. The molecule has 0 unspecified atom stereocenters. The Labute approximate surface area is 169 Å². The first-order valence-electron chi connectivity index (χ1n) is 9.10. The van der Waals surface area contributed by atoms with E-state index in [1.165, 1.54) is 12.1 Å². The number of rotatable bonds is 7. The van der Waals surface area contributed by atoms with Gasteiger partial charge in [0, 0.05) is 0 Å². The first-order chi connectivity index (χ1) is 14.5. The molecule has 0 amide bonds. The Kier molecular flexibility index (Phi) is 5.47. The Morgan fingerprint density at radius 3 is 2.30 bits per heavy atom. The maximum atomic E-state index is 13.0. The molecule has 4 aromatic rings. The molecule has 0 saturated carbocycles. The second kappa shape index (κ2) is 8.52. The molecule has 0 aliphatic heterocycles. The summed E-state index contributed by atoms with van der Waals surface area (Å²) in [5.41, 5.74) is 1.09. The number of benzene rings is 3. The highest BCUT2D eigenvalue weighted by atomic mass is 19.1. The van der Waals surface area contributed by atoms with Crippen LogP contribution in [0.5, 0.6) is 17.2 Å². The number of hydrogen-bond donors (Lipinski definition) is 1. The quantitative estimate of drug-likeness (QED) is 0.504. The van der Waals surface area contributed by atoms with Gasteiger partial charge in [-0.25, -0.2) is 19.0 Å². The fourth-order valence-corrected chi connectivity index (χ4v) is 2.78. The molecule has 0 aliphatic rings. The minimum Gasteiger partial charge on any atom is -0.489 e. The molecule has 0 saturated heterocycles. The van der Waals surface area contributed by atoms with Crippen molar-refractivity contribution in [3.05, 3.63) is 111 Å². The third-order valence-corrected chi connectivity index (χ3v) is 4.23. The number of nitrogens with one attached hydrogen (secondary N) is 1. The lowest BCUT2D eigenvalue weighted by Crippen LogP contribution is -2.17. The van der Waals surface area contributed by atoms with Crippen LogP contribution in [0.4, 0.5) is 4.39 Å².